The van der Waals surface area contributed by atoms with Gasteiger partial charge in [-0.3, -0.25) is 4.98 Å². The maximum atomic E-state index is 14.1. The molecule has 25 heavy (non-hydrogen) atoms. The number of fused-ring (bicyclic) bond motifs is 2. The van der Waals surface area contributed by atoms with Gasteiger partial charge in [0.25, 0.3) is 0 Å². The Hall–Kier alpha value is -3.29. The third-order valence-electron chi connectivity index (χ3n) is 4.52. The smallest absolute Gasteiger partial charge is 0.148 e. The molecule has 0 saturated carbocycles. The largest absolute Gasteiger partial charge is 0.348 e. The molecule has 0 amide bonds. The first-order chi connectivity index (χ1) is 12.3. The monoisotopic (exact) mass is 335 g/mol. The first-order valence-electron chi connectivity index (χ1n) is 8.00. The van der Waals surface area contributed by atoms with Gasteiger partial charge in [-0.25, -0.2) is 18.9 Å². The van der Waals surface area contributed by atoms with Gasteiger partial charge < -0.3 is 9.88 Å². The van der Waals surface area contributed by atoms with E-state index >= 15 is 0 Å². The second kappa shape index (κ2) is 5.37. The predicted molar refractivity (Wildman–Crippen MR) is 88.7 cm³/mol. The van der Waals surface area contributed by atoms with Gasteiger partial charge in [-0.1, -0.05) is 0 Å². The Labute approximate surface area is 142 Å². The molecule has 1 N–H and O–H groups in total. The second-order valence-corrected chi connectivity index (χ2v) is 5.93. The third-order valence-corrected chi connectivity index (χ3v) is 4.52. The molecule has 5 rings (SSSR count). The fourth-order valence-corrected chi connectivity index (χ4v) is 3.40. The molecule has 0 radical (unpaired) electrons. The van der Waals surface area contributed by atoms with Crippen molar-refractivity contribution in [1.82, 2.24) is 29.5 Å². The van der Waals surface area contributed by atoms with Crippen molar-refractivity contribution in [3.8, 4) is 0 Å². The molecule has 1 unspecified atom stereocenters. The molecule has 124 valence electrons. The van der Waals surface area contributed by atoms with Crippen LogP contribution in [0.4, 0.5) is 10.2 Å². The zero-order valence-corrected chi connectivity index (χ0v) is 13.2. The van der Waals surface area contributed by atoms with Crippen LogP contribution in [0.25, 0.3) is 5.52 Å². The number of hydrogen-bond donors (Lipinski definition) is 1. The number of nitrogens with zero attached hydrogens (tertiary/aromatic N) is 6. The molecule has 0 aliphatic carbocycles. The molecule has 8 heteroatoms. The van der Waals surface area contributed by atoms with E-state index in [4.69, 9.17) is 0 Å². The second-order valence-electron chi connectivity index (χ2n) is 5.93. The molecule has 1 aliphatic heterocycles. The summed E-state index contributed by atoms with van der Waals surface area (Å²) in [7, 11) is 0. The highest BCUT2D eigenvalue weighted by molar-refractivity contribution is 5.54. The fourth-order valence-electron chi connectivity index (χ4n) is 3.40. The fraction of sp³-hybridized carbons (Fsp3) is 0.176. The molecule has 0 aromatic carbocycles. The highest BCUT2D eigenvalue weighted by Crippen LogP contribution is 2.35. The molecule has 4 aromatic heterocycles. The SMILES string of the molecule is Fc1cccn2nc(C3c4nc[nH]c4CCN3c3cnccn3)cc12. The van der Waals surface area contributed by atoms with E-state index in [-0.39, 0.29) is 11.9 Å². The summed E-state index contributed by atoms with van der Waals surface area (Å²) in [6.45, 7) is 0.745. The minimum Gasteiger partial charge on any atom is -0.348 e. The summed E-state index contributed by atoms with van der Waals surface area (Å²) in [6, 6.07) is 4.60. The minimum atomic E-state index is -0.301. The minimum absolute atomic E-state index is 0.244. The van der Waals surface area contributed by atoms with Crippen molar-refractivity contribution >= 4 is 11.3 Å². The van der Waals surface area contributed by atoms with Crippen LogP contribution in [0.15, 0.2) is 49.3 Å². The number of pyridine rings is 1. The molecular weight excluding hydrogens is 321 g/mol. The number of H-pyrrole nitrogens is 1. The summed E-state index contributed by atoms with van der Waals surface area (Å²) in [6.07, 6.45) is 9.28. The van der Waals surface area contributed by atoms with Crippen molar-refractivity contribution < 1.29 is 4.39 Å². The van der Waals surface area contributed by atoms with Crippen LogP contribution < -0.4 is 4.90 Å². The Bertz CT molecular complexity index is 1040. The Morgan fingerprint density at radius 2 is 2.20 bits per heavy atom. The zero-order chi connectivity index (χ0) is 16.8. The maximum absolute atomic E-state index is 14.1. The highest BCUT2D eigenvalue weighted by Gasteiger charge is 2.34. The van der Waals surface area contributed by atoms with Crippen molar-refractivity contribution in [2.24, 2.45) is 0 Å². The van der Waals surface area contributed by atoms with Crippen molar-refractivity contribution in [2.75, 3.05) is 11.4 Å². The van der Waals surface area contributed by atoms with E-state index in [1.807, 2.05) is 0 Å². The topological polar surface area (TPSA) is 75.0 Å². The Morgan fingerprint density at radius 3 is 3.04 bits per heavy atom. The lowest BCUT2D eigenvalue weighted by Gasteiger charge is -2.34. The molecule has 0 saturated heterocycles. The van der Waals surface area contributed by atoms with E-state index in [1.165, 1.54) is 6.07 Å². The summed E-state index contributed by atoms with van der Waals surface area (Å²) in [5, 5.41) is 4.58. The van der Waals surface area contributed by atoms with Crippen LogP contribution in [0.1, 0.15) is 23.1 Å². The number of aromatic amines is 1. The summed E-state index contributed by atoms with van der Waals surface area (Å²) in [5.74, 6) is 0.448. The van der Waals surface area contributed by atoms with Gasteiger partial charge in [-0.15, -0.1) is 0 Å². The number of halogens is 1. The summed E-state index contributed by atoms with van der Waals surface area (Å²) < 4.78 is 15.7. The van der Waals surface area contributed by atoms with Crippen LogP contribution in [0, 0.1) is 5.82 Å². The van der Waals surface area contributed by atoms with Crippen molar-refractivity contribution in [2.45, 2.75) is 12.5 Å². The number of imidazole rings is 1. The van der Waals surface area contributed by atoms with Gasteiger partial charge >= 0.3 is 0 Å². The van der Waals surface area contributed by atoms with Crippen LogP contribution in [0.5, 0.6) is 0 Å². The first kappa shape index (κ1) is 14.1. The maximum Gasteiger partial charge on any atom is 0.148 e. The molecule has 1 atom stereocenters. The van der Waals surface area contributed by atoms with Crippen molar-refractivity contribution in [3.05, 3.63) is 72.2 Å². The van der Waals surface area contributed by atoms with E-state index < -0.39 is 0 Å². The van der Waals surface area contributed by atoms with E-state index in [0.29, 0.717) is 5.52 Å². The lowest BCUT2D eigenvalue weighted by Crippen LogP contribution is -2.37. The molecule has 5 heterocycles. The molecule has 0 bridgehead atoms. The van der Waals surface area contributed by atoms with Gasteiger partial charge in [0.2, 0.25) is 0 Å². The summed E-state index contributed by atoms with van der Waals surface area (Å²) in [5.41, 5.74) is 3.13. The highest BCUT2D eigenvalue weighted by atomic mass is 19.1. The number of rotatable bonds is 2. The van der Waals surface area contributed by atoms with Crippen molar-refractivity contribution in [3.63, 3.8) is 0 Å². The van der Waals surface area contributed by atoms with Gasteiger partial charge in [0, 0.05) is 37.3 Å². The van der Waals surface area contributed by atoms with Crippen LogP contribution in [0.2, 0.25) is 0 Å². The Morgan fingerprint density at radius 1 is 1.24 bits per heavy atom. The molecule has 7 nitrogen and oxygen atoms in total. The Balaban J connectivity index is 1.70. The van der Waals surface area contributed by atoms with Crippen LogP contribution >= 0.6 is 0 Å². The number of anilines is 1. The predicted octanol–water partition coefficient (Wildman–Crippen LogP) is 2.14. The first-order valence-corrected chi connectivity index (χ1v) is 8.00. The summed E-state index contributed by atoms with van der Waals surface area (Å²) in [4.78, 5) is 18.4. The van der Waals surface area contributed by atoms with Gasteiger partial charge in [0.15, 0.2) is 0 Å². The molecule has 0 spiro atoms. The van der Waals surface area contributed by atoms with Crippen LogP contribution in [-0.4, -0.2) is 36.1 Å². The van der Waals surface area contributed by atoms with E-state index in [2.05, 4.69) is 29.9 Å². The Kier molecular flexibility index (Phi) is 3.03. The van der Waals surface area contributed by atoms with E-state index in [0.717, 1.165) is 35.9 Å². The normalized spacial score (nSPS) is 17.0. The van der Waals surface area contributed by atoms with E-state index in [9.17, 15) is 4.39 Å². The zero-order valence-electron chi connectivity index (χ0n) is 13.2. The number of hydrogen-bond acceptors (Lipinski definition) is 5. The van der Waals surface area contributed by atoms with Crippen LogP contribution in [0.3, 0.4) is 0 Å². The van der Waals surface area contributed by atoms with Gasteiger partial charge in [0.05, 0.1) is 23.9 Å². The summed E-state index contributed by atoms with van der Waals surface area (Å²) >= 11 is 0. The quantitative estimate of drug-likeness (QED) is 0.607. The van der Waals surface area contributed by atoms with Gasteiger partial charge in [0.1, 0.15) is 23.2 Å². The standard InChI is InChI=1S/C17H14FN7/c18-11-2-1-6-25-14(11)8-13(23-25)17-16-12(21-10-22-16)3-7-24(17)15-9-19-4-5-20-15/h1-2,4-6,8-10,17H,3,7H2,(H,21,22). The molecule has 4 aromatic rings. The lowest BCUT2D eigenvalue weighted by molar-refractivity contribution is 0.608. The average Bonchev–Trinajstić information content (AvgIpc) is 3.29. The molecular formula is C17H14FN7. The van der Waals surface area contributed by atoms with E-state index in [1.54, 1.807) is 47.8 Å². The number of aromatic nitrogens is 6. The third kappa shape index (κ3) is 2.18. The van der Waals surface area contributed by atoms with Crippen molar-refractivity contribution in [1.29, 1.82) is 0 Å². The van der Waals surface area contributed by atoms with Crippen LogP contribution in [-0.2, 0) is 6.42 Å². The average molecular weight is 335 g/mol. The van der Waals surface area contributed by atoms with Gasteiger partial charge in [-0.05, 0) is 18.2 Å². The molecule has 0 fully saturated rings. The van der Waals surface area contributed by atoms with Gasteiger partial charge in [-0.2, -0.15) is 5.10 Å². The number of nitrogens with one attached hydrogen (secondary N) is 1. The lowest BCUT2D eigenvalue weighted by atomic mass is 10.00. The molecule has 1 aliphatic rings.